The quantitative estimate of drug-likeness (QED) is 0.639. The Balaban J connectivity index is 3.37. The highest BCUT2D eigenvalue weighted by Gasteiger charge is 2.13. The smallest absolute Gasteiger partial charge is 0.0692 e. The van der Waals surface area contributed by atoms with Gasteiger partial charge >= 0.3 is 0 Å². The van der Waals surface area contributed by atoms with E-state index in [1.165, 1.54) is 22.4 Å². The summed E-state index contributed by atoms with van der Waals surface area (Å²) < 4.78 is 0. The molecule has 1 unspecified atom stereocenters. The average Bonchev–Trinajstić information content (AvgIpc) is 2.23. The van der Waals surface area contributed by atoms with Gasteiger partial charge in [0.25, 0.3) is 0 Å². The molecule has 0 fully saturated rings. The second-order valence-corrected chi connectivity index (χ2v) is 4.16. The van der Waals surface area contributed by atoms with Crippen molar-refractivity contribution in [2.24, 2.45) is 4.99 Å². The van der Waals surface area contributed by atoms with Crippen LogP contribution in [0.25, 0.3) is 0 Å². The van der Waals surface area contributed by atoms with E-state index in [-0.39, 0.29) is 0 Å². The van der Waals surface area contributed by atoms with Gasteiger partial charge in [-0.15, -0.1) is 0 Å². The van der Waals surface area contributed by atoms with Crippen LogP contribution >= 0.6 is 0 Å². The van der Waals surface area contributed by atoms with Crippen molar-refractivity contribution in [2.75, 3.05) is 0 Å². The summed E-state index contributed by atoms with van der Waals surface area (Å²) in [6.07, 6.45) is 3.05. The molecule has 1 aromatic carbocycles. The molecule has 0 aliphatic carbocycles. The van der Waals surface area contributed by atoms with Crippen LogP contribution in [0.3, 0.4) is 0 Å². The first-order valence-electron chi connectivity index (χ1n) is 5.70. The molecule has 0 amide bonds. The van der Waals surface area contributed by atoms with Crippen molar-refractivity contribution in [3.63, 3.8) is 0 Å². The van der Waals surface area contributed by atoms with Crippen LogP contribution in [0.2, 0.25) is 0 Å². The van der Waals surface area contributed by atoms with E-state index in [9.17, 15) is 0 Å². The van der Waals surface area contributed by atoms with Gasteiger partial charge in [0, 0.05) is 6.21 Å². The summed E-state index contributed by atoms with van der Waals surface area (Å²) in [7, 11) is 0. The summed E-state index contributed by atoms with van der Waals surface area (Å²) in [5.74, 6) is 0.587. The first-order chi connectivity index (χ1) is 7.11. The lowest BCUT2D eigenvalue weighted by molar-refractivity contribution is 0.728. The topological polar surface area (TPSA) is 12.4 Å². The van der Waals surface area contributed by atoms with Gasteiger partial charge < -0.3 is 0 Å². The summed E-state index contributed by atoms with van der Waals surface area (Å²) in [6.45, 7) is 10.8. The zero-order chi connectivity index (χ0) is 11.4. The van der Waals surface area contributed by atoms with E-state index in [1.807, 2.05) is 13.1 Å². The van der Waals surface area contributed by atoms with Gasteiger partial charge in [0.05, 0.1) is 5.69 Å². The summed E-state index contributed by atoms with van der Waals surface area (Å²) >= 11 is 0. The van der Waals surface area contributed by atoms with Crippen molar-refractivity contribution >= 4 is 11.9 Å². The number of aryl methyl sites for hydroxylation is 2. The third-order valence-electron chi connectivity index (χ3n) is 3.00. The SMILES string of the molecule is CC=Nc1c(C)ccc(C)c1C(C)CC. The Bertz CT molecular complexity index is 364. The summed E-state index contributed by atoms with van der Waals surface area (Å²) in [5.41, 5.74) is 5.21. The van der Waals surface area contributed by atoms with Crippen LogP contribution in [0.4, 0.5) is 5.69 Å². The van der Waals surface area contributed by atoms with Gasteiger partial charge in [-0.3, -0.25) is 4.99 Å². The molecule has 15 heavy (non-hydrogen) atoms. The van der Waals surface area contributed by atoms with Gasteiger partial charge in [-0.05, 0) is 49.8 Å². The molecule has 0 aromatic heterocycles. The van der Waals surface area contributed by atoms with E-state index in [0.29, 0.717) is 5.92 Å². The first-order valence-corrected chi connectivity index (χ1v) is 5.70. The van der Waals surface area contributed by atoms with Crippen molar-refractivity contribution in [3.8, 4) is 0 Å². The van der Waals surface area contributed by atoms with Crippen LogP contribution < -0.4 is 0 Å². The van der Waals surface area contributed by atoms with Gasteiger partial charge in [0.1, 0.15) is 0 Å². The van der Waals surface area contributed by atoms with E-state index in [1.54, 1.807) is 0 Å². The van der Waals surface area contributed by atoms with E-state index in [2.05, 4.69) is 44.8 Å². The van der Waals surface area contributed by atoms with Crippen molar-refractivity contribution in [1.82, 2.24) is 0 Å². The molecule has 0 saturated carbocycles. The normalized spacial score (nSPS) is 13.4. The molecule has 0 spiro atoms. The Labute approximate surface area is 93.2 Å². The molecular weight excluding hydrogens is 182 g/mol. The highest BCUT2D eigenvalue weighted by Crippen LogP contribution is 2.34. The molecular formula is C14H21N. The lowest BCUT2D eigenvalue weighted by atomic mass is 9.91. The minimum Gasteiger partial charge on any atom is -0.261 e. The van der Waals surface area contributed by atoms with Gasteiger partial charge in [-0.2, -0.15) is 0 Å². The standard InChI is InChI=1S/C14H21N/c1-6-10(3)13-11(4)8-9-12(5)14(13)15-7-2/h7-10H,6H2,1-5H3. The second-order valence-electron chi connectivity index (χ2n) is 4.16. The van der Waals surface area contributed by atoms with Gasteiger partial charge in [0.2, 0.25) is 0 Å². The van der Waals surface area contributed by atoms with Crippen LogP contribution in [0, 0.1) is 13.8 Å². The molecule has 1 nitrogen and oxygen atoms in total. The van der Waals surface area contributed by atoms with Crippen molar-refractivity contribution in [1.29, 1.82) is 0 Å². The van der Waals surface area contributed by atoms with Crippen LogP contribution in [0.15, 0.2) is 17.1 Å². The number of hydrogen-bond donors (Lipinski definition) is 0. The Kier molecular flexibility index (Phi) is 4.07. The fourth-order valence-corrected chi connectivity index (χ4v) is 1.94. The minimum absolute atomic E-state index is 0.587. The first kappa shape index (κ1) is 12.0. The predicted octanol–water partition coefficient (Wildman–Crippen LogP) is 4.54. The lowest BCUT2D eigenvalue weighted by Gasteiger charge is -2.17. The zero-order valence-electron chi connectivity index (χ0n) is 10.5. The number of nitrogens with zero attached hydrogens (tertiary/aromatic N) is 1. The molecule has 0 saturated heterocycles. The summed E-state index contributed by atoms with van der Waals surface area (Å²) in [5, 5.41) is 0. The van der Waals surface area contributed by atoms with E-state index in [0.717, 1.165) is 6.42 Å². The van der Waals surface area contributed by atoms with Crippen LogP contribution in [0.1, 0.15) is 49.8 Å². The average molecular weight is 203 g/mol. The van der Waals surface area contributed by atoms with E-state index < -0.39 is 0 Å². The van der Waals surface area contributed by atoms with Crippen molar-refractivity contribution < 1.29 is 0 Å². The van der Waals surface area contributed by atoms with Gasteiger partial charge in [0.15, 0.2) is 0 Å². The fraction of sp³-hybridized carbons (Fsp3) is 0.500. The van der Waals surface area contributed by atoms with Crippen molar-refractivity contribution in [3.05, 3.63) is 28.8 Å². The summed E-state index contributed by atoms with van der Waals surface area (Å²) in [4.78, 5) is 4.51. The highest BCUT2D eigenvalue weighted by molar-refractivity contribution is 5.66. The molecule has 1 aromatic rings. The van der Waals surface area contributed by atoms with Gasteiger partial charge in [-0.25, -0.2) is 0 Å². The maximum Gasteiger partial charge on any atom is 0.0692 e. The second kappa shape index (κ2) is 5.11. The number of hydrogen-bond acceptors (Lipinski definition) is 1. The van der Waals surface area contributed by atoms with Crippen LogP contribution in [-0.4, -0.2) is 6.21 Å². The Morgan fingerprint density at radius 3 is 2.40 bits per heavy atom. The Morgan fingerprint density at radius 2 is 1.87 bits per heavy atom. The molecule has 82 valence electrons. The molecule has 1 atom stereocenters. The molecule has 0 bridgehead atoms. The molecule has 1 heteroatoms. The van der Waals surface area contributed by atoms with Crippen LogP contribution in [0.5, 0.6) is 0 Å². The lowest BCUT2D eigenvalue weighted by Crippen LogP contribution is -1.97. The largest absolute Gasteiger partial charge is 0.261 e. The third-order valence-corrected chi connectivity index (χ3v) is 3.00. The van der Waals surface area contributed by atoms with Crippen molar-refractivity contribution in [2.45, 2.75) is 47.0 Å². The minimum atomic E-state index is 0.587. The van der Waals surface area contributed by atoms with E-state index in [4.69, 9.17) is 0 Å². The third kappa shape index (κ3) is 2.47. The maximum absolute atomic E-state index is 4.51. The monoisotopic (exact) mass is 203 g/mol. The Hall–Kier alpha value is -1.11. The number of aliphatic imine (C=N–C) groups is 1. The number of benzene rings is 1. The molecule has 0 aliphatic heterocycles. The zero-order valence-corrected chi connectivity index (χ0v) is 10.5. The van der Waals surface area contributed by atoms with Crippen LogP contribution in [-0.2, 0) is 0 Å². The fourth-order valence-electron chi connectivity index (χ4n) is 1.94. The Morgan fingerprint density at radius 1 is 1.27 bits per heavy atom. The van der Waals surface area contributed by atoms with E-state index >= 15 is 0 Å². The summed E-state index contributed by atoms with van der Waals surface area (Å²) in [6, 6.07) is 4.36. The molecule has 0 heterocycles. The highest BCUT2D eigenvalue weighted by atomic mass is 14.7. The van der Waals surface area contributed by atoms with Gasteiger partial charge in [-0.1, -0.05) is 26.0 Å². The molecule has 1 rings (SSSR count). The predicted molar refractivity (Wildman–Crippen MR) is 68.4 cm³/mol. The number of rotatable bonds is 3. The maximum atomic E-state index is 4.51. The molecule has 0 aliphatic rings. The molecule has 0 N–H and O–H groups in total. The molecule has 0 radical (unpaired) electrons.